The van der Waals surface area contributed by atoms with Crippen molar-refractivity contribution >= 4 is 0 Å². The lowest BCUT2D eigenvalue weighted by atomic mass is 10.2. The number of nitrogens with zero attached hydrogens (tertiary/aromatic N) is 1. The van der Waals surface area contributed by atoms with Crippen molar-refractivity contribution in [1.82, 2.24) is 0 Å². The minimum atomic E-state index is -0.0834. The Balaban J connectivity index is 2.56. The van der Waals surface area contributed by atoms with Gasteiger partial charge in [-0.05, 0) is 12.1 Å². The molecule has 0 aliphatic rings. The third-order valence-corrected chi connectivity index (χ3v) is 1.79. The van der Waals surface area contributed by atoms with Crippen LogP contribution in [0.25, 0.3) is 0 Å². The van der Waals surface area contributed by atoms with Crippen LogP contribution in [0.1, 0.15) is 12.8 Å². The molecule has 1 rings (SSSR count). The topological polar surface area (TPSA) is 33.0 Å². The van der Waals surface area contributed by atoms with E-state index in [2.05, 4.69) is 12.6 Å². The maximum atomic E-state index is 8.58. The Morgan fingerprint density at radius 2 is 2.14 bits per heavy atom. The molecule has 0 amide bonds. The molecule has 72 valence electrons. The van der Waals surface area contributed by atoms with E-state index >= 15 is 0 Å². The van der Waals surface area contributed by atoms with Crippen LogP contribution in [0, 0.1) is 11.3 Å². The number of hydrogen-bond acceptors (Lipinski definition) is 2. The van der Waals surface area contributed by atoms with Crippen LogP contribution in [0.15, 0.2) is 43.0 Å². The second kappa shape index (κ2) is 5.82. The molecule has 2 heteroatoms. The maximum absolute atomic E-state index is 8.58. The molecule has 0 bridgehead atoms. The van der Waals surface area contributed by atoms with Crippen molar-refractivity contribution in [3.8, 4) is 11.8 Å². The van der Waals surface area contributed by atoms with Crippen molar-refractivity contribution in [3.63, 3.8) is 0 Å². The summed E-state index contributed by atoms with van der Waals surface area (Å²) < 4.78 is 5.60. The van der Waals surface area contributed by atoms with Gasteiger partial charge in [-0.25, -0.2) is 0 Å². The SMILES string of the molecule is C=CCC(CC#N)Oc1ccccc1. The van der Waals surface area contributed by atoms with Gasteiger partial charge in [-0.1, -0.05) is 24.3 Å². The number of nitriles is 1. The zero-order chi connectivity index (χ0) is 10.2. The Kier molecular flexibility index (Phi) is 4.30. The van der Waals surface area contributed by atoms with Crippen LogP contribution in [0.2, 0.25) is 0 Å². The van der Waals surface area contributed by atoms with Gasteiger partial charge in [-0.2, -0.15) is 5.26 Å². The van der Waals surface area contributed by atoms with Crippen molar-refractivity contribution in [2.75, 3.05) is 0 Å². The monoisotopic (exact) mass is 187 g/mol. The molecule has 0 saturated heterocycles. The lowest BCUT2D eigenvalue weighted by Gasteiger charge is -2.14. The summed E-state index contributed by atoms with van der Waals surface area (Å²) in [5.41, 5.74) is 0. The molecule has 0 fully saturated rings. The molecule has 0 aliphatic carbocycles. The summed E-state index contributed by atoms with van der Waals surface area (Å²) in [7, 11) is 0. The van der Waals surface area contributed by atoms with Gasteiger partial charge in [-0.15, -0.1) is 6.58 Å². The summed E-state index contributed by atoms with van der Waals surface area (Å²) in [6.45, 7) is 3.63. The molecule has 0 saturated carbocycles. The molecule has 0 heterocycles. The van der Waals surface area contributed by atoms with E-state index in [-0.39, 0.29) is 6.10 Å². The second-order valence-electron chi connectivity index (χ2n) is 2.94. The zero-order valence-electron chi connectivity index (χ0n) is 8.02. The lowest BCUT2D eigenvalue weighted by molar-refractivity contribution is 0.210. The van der Waals surface area contributed by atoms with Crippen LogP contribution in [0.5, 0.6) is 5.75 Å². The summed E-state index contributed by atoms with van der Waals surface area (Å²) >= 11 is 0. The molecule has 14 heavy (non-hydrogen) atoms. The number of benzene rings is 1. The minimum Gasteiger partial charge on any atom is -0.489 e. The fourth-order valence-electron chi connectivity index (χ4n) is 1.15. The quantitative estimate of drug-likeness (QED) is 0.664. The average Bonchev–Trinajstić information content (AvgIpc) is 2.20. The molecule has 0 N–H and O–H groups in total. The summed E-state index contributed by atoms with van der Waals surface area (Å²) in [6, 6.07) is 11.6. The molecule has 1 aromatic rings. The predicted molar refractivity (Wildman–Crippen MR) is 55.9 cm³/mol. The Labute approximate surface area is 84.4 Å². The van der Waals surface area contributed by atoms with Gasteiger partial charge < -0.3 is 4.74 Å². The molecular formula is C12H13NO. The molecule has 0 aliphatic heterocycles. The van der Waals surface area contributed by atoms with Gasteiger partial charge in [0.05, 0.1) is 12.5 Å². The van der Waals surface area contributed by atoms with E-state index in [0.29, 0.717) is 12.8 Å². The highest BCUT2D eigenvalue weighted by Gasteiger charge is 2.07. The fraction of sp³-hybridized carbons (Fsp3) is 0.250. The number of rotatable bonds is 5. The van der Waals surface area contributed by atoms with Crippen molar-refractivity contribution in [1.29, 1.82) is 5.26 Å². The van der Waals surface area contributed by atoms with Crippen LogP contribution >= 0.6 is 0 Å². The van der Waals surface area contributed by atoms with E-state index in [4.69, 9.17) is 10.00 Å². The first-order valence-corrected chi connectivity index (χ1v) is 4.56. The molecular weight excluding hydrogens is 174 g/mol. The summed E-state index contributed by atoms with van der Waals surface area (Å²) in [4.78, 5) is 0. The van der Waals surface area contributed by atoms with Gasteiger partial charge in [-0.3, -0.25) is 0 Å². The Bertz CT molecular complexity index is 313. The van der Waals surface area contributed by atoms with Crippen molar-refractivity contribution in [2.45, 2.75) is 18.9 Å². The molecule has 0 spiro atoms. The highest BCUT2D eigenvalue weighted by Crippen LogP contribution is 2.14. The van der Waals surface area contributed by atoms with Crippen molar-refractivity contribution in [2.24, 2.45) is 0 Å². The molecule has 1 atom stereocenters. The number of para-hydroxylation sites is 1. The third-order valence-electron chi connectivity index (χ3n) is 1.79. The van der Waals surface area contributed by atoms with Crippen LogP contribution < -0.4 is 4.74 Å². The van der Waals surface area contributed by atoms with E-state index in [0.717, 1.165) is 5.75 Å². The Hall–Kier alpha value is -1.75. The smallest absolute Gasteiger partial charge is 0.119 e. The van der Waals surface area contributed by atoms with Gasteiger partial charge in [0.1, 0.15) is 11.9 Å². The van der Waals surface area contributed by atoms with E-state index in [1.165, 1.54) is 0 Å². The van der Waals surface area contributed by atoms with E-state index in [1.807, 2.05) is 30.3 Å². The predicted octanol–water partition coefficient (Wildman–Crippen LogP) is 2.92. The first kappa shape index (κ1) is 10.3. The highest BCUT2D eigenvalue weighted by atomic mass is 16.5. The first-order chi connectivity index (χ1) is 6.86. The van der Waals surface area contributed by atoms with Gasteiger partial charge in [0.2, 0.25) is 0 Å². The molecule has 0 aromatic heterocycles. The van der Waals surface area contributed by atoms with Crippen molar-refractivity contribution in [3.05, 3.63) is 43.0 Å². The minimum absolute atomic E-state index is 0.0834. The average molecular weight is 187 g/mol. The largest absolute Gasteiger partial charge is 0.489 e. The first-order valence-electron chi connectivity index (χ1n) is 4.56. The maximum Gasteiger partial charge on any atom is 0.119 e. The molecule has 0 radical (unpaired) electrons. The van der Waals surface area contributed by atoms with E-state index < -0.39 is 0 Å². The molecule has 1 aromatic carbocycles. The summed E-state index contributed by atoms with van der Waals surface area (Å²) in [5.74, 6) is 0.801. The molecule has 2 nitrogen and oxygen atoms in total. The standard InChI is InChI=1S/C12H13NO/c1-2-6-11(9-10-13)14-12-7-4-3-5-8-12/h2-5,7-8,11H,1,6,9H2. The fourth-order valence-corrected chi connectivity index (χ4v) is 1.15. The van der Waals surface area contributed by atoms with Crippen LogP contribution in [0.4, 0.5) is 0 Å². The second-order valence-corrected chi connectivity index (χ2v) is 2.94. The van der Waals surface area contributed by atoms with Crippen LogP contribution in [-0.4, -0.2) is 6.10 Å². The number of ether oxygens (including phenoxy) is 1. The Morgan fingerprint density at radius 1 is 1.43 bits per heavy atom. The zero-order valence-corrected chi connectivity index (χ0v) is 8.02. The van der Waals surface area contributed by atoms with Crippen LogP contribution in [-0.2, 0) is 0 Å². The van der Waals surface area contributed by atoms with Gasteiger partial charge in [0, 0.05) is 6.42 Å². The normalized spacial score (nSPS) is 11.4. The van der Waals surface area contributed by atoms with Crippen LogP contribution in [0.3, 0.4) is 0 Å². The highest BCUT2D eigenvalue weighted by molar-refractivity contribution is 5.21. The number of hydrogen-bond donors (Lipinski definition) is 0. The lowest BCUT2D eigenvalue weighted by Crippen LogP contribution is -2.14. The molecule has 1 unspecified atom stereocenters. The van der Waals surface area contributed by atoms with E-state index in [9.17, 15) is 0 Å². The van der Waals surface area contributed by atoms with E-state index in [1.54, 1.807) is 6.08 Å². The summed E-state index contributed by atoms with van der Waals surface area (Å²) in [5, 5.41) is 8.58. The van der Waals surface area contributed by atoms with Gasteiger partial charge >= 0.3 is 0 Å². The van der Waals surface area contributed by atoms with Gasteiger partial charge in [0.15, 0.2) is 0 Å². The van der Waals surface area contributed by atoms with Gasteiger partial charge in [0.25, 0.3) is 0 Å². The third kappa shape index (κ3) is 3.32. The Morgan fingerprint density at radius 3 is 2.71 bits per heavy atom. The van der Waals surface area contributed by atoms with Crippen molar-refractivity contribution < 1.29 is 4.74 Å². The summed E-state index contributed by atoms with van der Waals surface area (Å²) in [6.07, 6.45) is 2.77.